The van der Waals surface area contributed by atoms with Crippen molar-refractivity contribution in [2.75, 3.05) is 13.2 Å². The number of unbranched alkanes of at least 4 members (excludes halogenated alkanes) is 2. The Bertz CT molecular complexity index is 1630. The summed E-state index contributed by atoms with van der Waals surface area (Å²) in [5.41, 5.74) is 2.51. The molecule has 0 bridgehead atoms. The minimum atomic E-state index is -0.729. The lowest BCUT2D eigenvalue weighted by molar-refractivity contribution is 0.0714. The molecule has 0 fully saturated rings. The molecule has 0 N–H and O–H groups in total. The molecular formula is C32H31Cl2NO5. The van der Waals surface area contributed by atoms with Gasteiger partial charge in [-0.2, -0.15) is 0 Å². The zero-order chi connectivity index (χ0) is 28.4. The van der Waals surface area contributed by atoms with Crippen LogP contribution in [0, 0.1) is 6.92 Å². The van der Waals surface area contributed by atoms with Gasteiger partial charge in [-0.3, -0.25) is 9.59 Å². The van der Waals surface area contributed by atoms with Gasteiger partial charge in [0.15, 0.2) is 16.9 Å². The summed E-state index contributed by atoms with van der Waals surface area (Å²) in [6.45, 7) is 7.06. The molecule has 2 heterocycles. The van der Waals surface area contributed by atoms with Crippen molar-refractivity contribution in [2.24, 2.45) is 0 Å². The first kappa shape index (κ1) is 28.1. The van der Waals surface area contributed by atoms with Crippen molar-refractivity contribution in [1.29, 1.82) is 0 Å². The van der Waals surface area contributed by atoms with Crippen molar-refractivity contribution >= 4 is 40.1 Å². The number of fused-ring (bicyclic) bond motifs is 2. The van der Waals surface area contributed by atoms with E-state index >= 15 is 0 Å². The Balaban J connectivity index is 1.66. The van der Waals surface area contributed by atoms with E-state index in [1.54, 1.807) is 23.1 Å². The van der Waals surface area contributed by atoms with Gasteiger partial charge in [0.05, 0.1) is 30.2 Å². The van der Waals surface area contributed by atoms with E-state index < -0.39 is 6.04 Å². The molecular weight excluding hydrogens is 549 g/mol. The summed E-state index contributed by atoms with van der Waals surface area (Å²) < 4.78 is 18.1. The predicted molar refractivity (Wildman–Crippen MR) is 158 cm³/mol. The van der Waals surface area contributed by atoms with Crippen LogP contribution in [-0.4, -0.2) is 24.0 Å². The van der Waals surface area contributed by atoms with E-state index in [0.29, 0.717) is 51.3 Å². The number of ether oxygens (including phenoxy) is 2. The van der Waals surface area contributed by atoms with Crippen LogP contribution in [0.1, 0.15) is 72.0 Å². The number of amides is 1. The monoisotopic (exact) mass is 579 g/mol. The highest BCUT2D eigenvalue weighted by Gasteiger charge is 2.43. The van der Waals surface area contributed by atoms with E-state index in [1.165, 1.54) is 0 Å². The maximum atomic E-state index is 14.0. The van der Waals surface area contributed by atoms with Crippen LogP contribution in [0.3, 0.4) is 0 Å². The van der Waals surface area contributed by atoms with E-state index in [-0.39, 0.29) is 29.2 Å². The Morgan fingerprint density at radius 3 is 2.48 bits per heavy atom. The van der Waals surface area contributed by atoms with Crippen LogP contribution in [0.2, 0.25) is 10.0 Å². The molecule has 3 aromatic carbocycles. The van der Waals surface area contributed by atoms with Crippen molar-refractivity contribution in [3.05, 3.63) is 103 Å². The largest absolute Gasteiger partial charge is 0.490 e. The zero-order valence-corrected chi connectivity index (χ0v) is 24.3. The molecule has 5 rings (SSSR count). The van der Waals surface area contributed by atoms with Crippen molar-refractivity contribution in [1.82, 2.24) is 4.90 Å². The zero-order valence-electron chi connectivity index (χ0n) is 22.8. The van der Waals surface area contributed by atoms with Gasteiger partial charge in [0, 0.05) is 16.6 Å². The topological polar surface area (TPSA) is 69.0 Å². The Morgan fingerprint density at radius 2 is 1.73 bits per heavy atom. The molecule has 0 spiro atoms. The smallest absolute Gasteiger partial charge is 0.291 e. The highest BCUT2D eigenvalue weighted by Crippen LogP contribution is 2.42. The summed E-state index contributed by atoms with van der Waals surface area (Å²) in [4.78, 5) is 29.5. The summed E-state index contributed by atoms with van der Waals surface area (Å²) in [5, 5.41) is 1.31. The van der Waals surface area contributed by atoms with Gasteiger partial charge in [-0.15, -0.1) is 0 Å². The normalized spacial score (nSPS) is 14.6. The fourth-order valence-electron chi connectivity index (χ4n) is 5.08. The van der Waals surface area contributed by atoms with Gasteiger partial charge in [0.1, 0.15) is 5.58 Å². The number of nitrogens with zero attached hydrogens (tertiary/aromatic N) is 1. The summed E-state index contributed by atoms with van der Waals surface area (Å²) in [5.74, 6) is 0.814. The van der Waals surface area contributed by atoms with E-state index in [4.69, 9.17) is 37.1 Å². The standard InChI is InChI=1S/C32H31Cl2NO5/c1-4-6-9-14-39-25-13-12-20(16-27(25)38-5-2)29-28-30(36)22-17-24(34)19(3)15-26(22)40-31(28)32(37)35(29)18-21-10-7-8-11-23(21)33/h7-8,10-13,15-17,29H,4-6,9,14,18H2,1-3H3. The van der Waals surface area contributed by atoms with Crippen molar-refractivity contribution in [3.8, 4) is 11.5 Å². The Labute approximate surface area is 243 Å². The second-order valence-corrected chi connectivity index (χ2v) is 10.7. The first-order valence-corrected chi connectivity index (χ1v) is 14.3. The van der Waals surface area contributed by atoms with Gasteiger partial charge in [-0.25, -0.2) is 0 Å². The minimum absolute atomic E-state index is 0.0223. The number of hydrogen-bond donors (Lipinski definition) is 0. The highest BCUT2D eigenvalue weighted by molar-refractivity contribution is 6.32. The number of aryl methyl sites for hydroxylation is 1. The third-order valence-corrected chi connectivity index (χ3v) is 7.91. The van der Waals surface area contributed by atoms with E-state index in [9.17, 15) is 9.59 Å². The van der Waals surface area contributed by atoms with Crippen LogP contribution in [0.25, 0.3) is 11.0 Å². The minimum Gasteiger partial charge on any atom is -0.490 e. The highest BCUT2D eigenvalue weighted by atomic mass is 35.5. The van der Waals surface area contributed by atoms with Gasteiger partial charge in [-0.1, -0.05) is 67.2 Å². The number of benzene rings is 3. The average Bonchev–Trinajstić information content (AvgIpc) is 3.21. The van der Waals surface area contributed by atoms with E-state index in [2.05, 4.69) is 6.92 Å². The number of rotatable bonds is 10. The van der Waals surface area contributed by atoms with Gasteiger partial charge < -0.3 is 18.8 Å². The molecule has 0 radical (unpaired) electrons. The Kier molecular flexibility index (Phi) is 8.38. The summed E-state index contributed by atoms with van der Waals surface area (Å²) in [6, 6.07) is 15.5. The van der Waals surface area contributed by atoms with Crippen LogP contribution in [0.5, 0.6) is 11.5 Å². The lowest BCUT2D eigenvalue weighted by atomic mass is 9.97. The Hall–Kier alpha value is -3.48. The van der Waals surface area contributed by atoms with Crippen molar-refractivity contribution in [3.63, 3.8) is 0 Å². The number of hydrogen-bond acceptors (Lipinski definition) is 5. The maximum absolute atomic E-state index is 14.0. The molecule has 1 aliphatic heterocycles. The molecule has 40 heavy (non-hydrogen) atoms. The Morgan fingerprint density at radius 1 is 0.925 bits per heavy atom. The van der Waals surface area contributed by atoms with Crippen LogP contribution in [-0.2, 0) is 6.54 Å². The maximum Gasteiger partial charge on any atom is 0.291 e. The number of carbonyl (C=O) groups is 1. The molecule has 1 aliphatic rings. The molecule has 208 valence electrons. The quantitative estimate of drug-likeness (QED) is 0.177. The van der Waals surface area contributed by atoms with Gasteiger partial charge in [0.25, 0.3) is 5.91 Å². The second-order valence-electron chi connectivity index (χ2n) is 9.89. The molecule has 6 nitrogen and oxygen atoms in total. The average molecular weight is 581 g/mol. The first-order chi connectivity index (χ1) is 19.3. The fourth-order valence-corrected chi connectivity index (χ4v) is 5.44. The summed E-state index contributed by atoms with van der Waals surface area (Å²) in [7, 11) is 0. The van der Waals surface area contributed by atoms with E-state index in [1.807, 2.05) is 50.2 Å². The first-order valence-electron chi connectivity index (χ1n) is 13.5. The van der Waals surface area contributed by atoms with Gasteiger partial charge in [-0.05, 0) is 67.3 Å². The second kappa shape index (κ2) is 11.9. The molecule has 1 atom stereocenters. The number of halogens is 2. The van der Waals surface area contributed by atoms with E-state index in [0.717, 1.165) is 30.4 Å². The summed E-state index contributed by atoms with van der Waals surface area (Å²) in [6.07, 6.45) is 3.11. The molecule has 1 aromatic heterocycles. The van der Waals surface area contributed by atoms with Gasteiger partial charge in [0.2, 0.25) is 5.76 Å². The fraction of sp³-hybridized carbons (Fsp3) is 0.312. The predicted octanol–water partition coefficient (Wildman–Crippen LogP) is 8.12. The van der Waals surface area contributed by atoms with Crippen LogP contribution in [0.4, 0.5) is 0 Å². The third kappa shape index (κ3) is 5.30. The van der Waals surface area contributed by atoms with Crippen LogP contribution in [0.15, 0.2) is 63.8 Å². The third-order valence-electron chi connectivity index (χ3n) is 7.13. The number of carbonyl (C=O) groups excluding carboxylic acids is 1. The van der Waals surface area contributed by atoms with Crippen LogP contribution < -0.4 is 14.9 Å². The molecule has 1 amide bonds. The molecule has 0 saturated carbocycles. The lowest BCUT2D eigenvalue weighted by Crippen LogP contribution is -2.29. The molecule has 1 unspecified atom stereocenters. The molecule has 8 heteroatoms. The SMILES string of the molecule is CCCCCOc1ccc(C2c3c(oc4cc(C)c(Cl)cc4c3=O)C(=O)N2Cc2ccccc2Cl)cc1OCC. The molecule has 4 aromatic rings. The van der Waals surface area contributed by atoms with Crippen LogP contribution >= 0.6 is 23.2 Å². The molecule has 0 saturated heterocycles. The van der Waals surface area contributed by atoms with Crippen molar-refractivity contribution < 1.29 is 18.7 Å². The lowest BCUT2D eigenvalue weighted by Gasteiger charge is -2.26. The van der Waals surface area contributed by atoms with Crippen molar-refractivity contribution in [2.45, 2.75) is 52.6 Å². The van der Waals surface area contributed by atoms with Gasteiger partial charge >= 0.3 is 0 Å². The molecule has 0 aliphatic carbocycles. The summed E-state index contributed by atoms with van der Waals surface area (Å²) >= 11 is 12.9.